The number of hydrogen-bond donors (Lipinski definition) is 1. The van der Waals surface area contributed by atoms with Crippen LogP contribution < -0.4 is 5.32 Å². The van der Waals surface area contributed by atoms with Crippen LogP contribution in [0.5, 0.6) is 0 Å². The van der Waals surface area contributed by atoms with Gasteiger partial charge in [0.2, 0.25) is 5.91 Å². The normalized spacial score (nSPS) is 19.3. The van der Waals surface area contributed by atoms with E-state index in [-0.39, 0.29) is 17.9 Å². The maximum Gasteiger partial charge on any atom is 0.254 e. The second kappa shape index (κ2) is 10.5. The molecule has 2 amide bonds. The fraction of sp³-hybridized carbons (Fsp3) is 0.583. The van der Waals surface area contributed by atoms with Gasteiger partial charge >= 0.3 is 0 Å². The summed E-state index contributed by atoms with van der Waals surface area (Å²) in [5.74, 6) is 1.26. The predicted molar refractivity (Wildman–Crippen MR) is 126 cm³/mol. The minimum atomic E-state index is -0.0818. The van der Waals surface area contributed by atoms with E-state index in [1.165, 1.54) is 31.0 Å². The topological polar surface area (TPSA) is 80.1 Å². The van der Waals surface area contributed by atoms with Gasteiger partial charge in [0.25, 0.3) is 5.91 Å². The van der Waals surface area contributed by atoms with Gasteiger partial charge in [-0.2, -0.15) is 0 Å². The van der Waals surface area contributed by atoms with Gasteiger partial charge in [-0.05, 0) is 51.7 Å². The first-order valence-electron chi connectivity index (χ1n) is 11.8. The molecule has 1 aliphatic carbocycles. The molecule has 172 valence electrons. The van der Waals surface area contributed by atoms with E-state index in [4.69, 9.17) is 0 Å². The molecule has 1 aliphatic heterocycles. The van der Waals surface area contributed by atoms with Gasteiger partial charge in [0.05, 0.1) is 11.8 Å². The summed E-state index contributed by atoms with van der Waals surface area (Å²) < 4.78 is 2.06. The molecule has 1 aromatic carbocycles. The summed E-state index contributed by atoms with van der Waals surface area (Å²) in [7, 11) is 0. The highest BCUT2D eigenvalue weighted by molar-refractivity contribution is 7.99. The van der Waals surface area contributed by atoms with Crippen molar-refractivity contribution in [2.75, 3.05) is 12.3 Å². The molecule has 2 heterocycles. The summed E-state index contributed by atoms with van der Waals surface area (Å²) in [5, 5.41) is 12.8. The summed E-state index contributed by atoms with van der Waals surface area (Å²) in [5.41, 5.74) is 1.85. The van der Waals surface area contributed by atoms with Crippen LogP contribution in [-0.4, -0.2) is 49.8 Å². The number of likely N-dealkylation sites (tertiary alicyclic amines) is 1. The van der Waals surface area contributed by atoms with Gasteiger partial charge in [-0.15, -0.1) is 10.2 Å². The maximum absolute atomic E-state index is 13.2. The van der Waals surface area contributed by atoms with Gasteiger partial charge in [0.15, 0.2) is 11.0 Å². The van der Waals surface area contributed by atoms with Gasteiger partial charge < -0.3 is 14.8 Å². The Hall–Kier alpha value is -2.35. The van der Waals surface area contributed by atoms with Crippen LogP contribution >= 0.6 is 11.8 Å². The molecule has 1 atom stereocenters. The lowest BCUT2D eigenvalue weighted by Gasteiger charge is -2.25. The van der Waals surface area contributed by atoms with Crippen LogP contribution in [0, 0.1) is 6.92 Å². The Morgan fingerprint density at radius 1 is 1.06 bits per heavy atom. The molecule has 1 N–H and O–H groups in total. The Bertz CT molecular complexity index is 936. The van der Waals surface area contributed by atoms with E-state index in [1.54, 1.807) is 0 Å². The van der Waals surface area contributed by atoms with Crippen LogP contribution in [0.15, 0.2) is 29.4 Å². The minimum Gasteiger partial charge on any atom is -0.353 e. The van der Waals surface area contributed by atoms with E-state index in [1.807, 2.05) is 36.1 Å². The van der Waals surface area contributed by atoms with Crippen molar-refractivity contribution in [2.45, 2.75) is 82.6 Å². The molecule has 4 rings (SSSR count). The largest absolute Gasteiger partial charge is 0.353 e. The maximum atomic E-state index is 13.2. The first kappa shape index (κ1) is 22.8. The highest BCUT2D eigenvalue weighted by Crippen LogP contribution is 2.34. The molecular formula is C24H33N5O2S. The number of carbonyl (C=O) groups is 2. The number of rotatable bonds is 7. The van der Waals surface area contributed by atoms with Crippen molar-refractivity contribution in [3.8, 4) is 0 Å². The zero-order valence-electron chi connectivity index (χ0n) is 19.0. The van der Waals surface area contributed by atoms with Gasteiger partial charge in [0, 0.05) is 24.7 Å². The summed E-state index contributed by atoms with van der Waals surface area (Å²) in [6.45, 7) is 5.50. The smallest absolute Gasteiger partial charge is 0.254 e. The van der Waals surface area contributed by atoms with E-state index in [0.29, 0.717) is 23.9 Å². The molecule has 32 heavy (non-hydrogen) atoms. The molecular weight excluding hydrogens is 422 g/mol. The third-order valence-corrected chi connectivity index (χ3v) is 7.44. The molecule has 0 radical (unpaired) electrons. The summed E-state index contributed by atoms with van der Waals surface area (Å²) in [4.78, 5) is 27.5. The number of thioether (sulfide) groups is 1. The molecule has 1 saturated heterocycles. The first-order chi connectivity index (χ1) is 15.6. The van der Waals surface area contributed by atoms with Crippen molar-refractivity contribution >= 4 is 23.6 Å². The summed E-state index contributed by atoms with van der Waals surface area (Å²) >= 11 is 1.43. The third-order valence-electron chi connectivity index (χ3n) is 6.47. The van der Waals surface area contributed by atoms with Gasteiger partial charge in [-0.3, -0.25) is 9.59 Å². The average Bonchev–Trinajstić information content (AvgIpc) is 3.45. The number of amides is 2. The molecule has 2 fully saturated rings. The van der Waals surface area contributed by atoms with Crippen molar-refractivity contribution in [3.05, 3.63) is 41.2 Å². The van der Waals surface area contributed by atoms with Gasteiger partial charge in [-0.25, -0.2) is 0 Å². The van der Waals surface area contributed by atoms with Crippen molar-refractivity contribution in [3.63, 3.8) is 0 Å². The molecule has 0 spiro atoms. The molecule has 2 aromatic rings. The van der Waals surface area contributed by atoms with E-state index in [0.717, 1.165) is 48.8 Å². The molecule has 2 aliphatic rings. The Balaban J connectivity index is 1.42. The minimum absolute atomic E-state index is 0.0409. The van der Waals surface area contributed by atoms with Crippen LogP contribution in [-0.2, 0) is 11.3 Å². The standard InChI is InChI=1S/C24H33N5O2S/c1-3-28-22(20-10-7-15-29(20)23(31)18-13-11-17(2)12-14-18)26-27-24(28)32-16-21(30)25-19-8-5-4-6-9-19/h11-14,19-20H,3-10,15-16H2,1-2H3,(H,25,30). The summed E-state index contributed by atoms with van der Waals surface area (Å²) in [6, 6.07) is 7.96. The number of carbonyl (C=O) groups excluding carboxylic acids is 2. The molecule has 1 aromatic heterocycles. The molecule has 1 saturated carbocycles. The Morgan fingerprint density at radius 3 is 2.53 bits per heavy atom. The second-order valence-electron chi connectivity index (χ2n) is 8.80. The highest BCUT2D eigenvalue weighted by atomic mass is 32.2. The summed E-state index contributed by atoms with van der Waals surface area (Å²) in [6.07, 6.45) is 7.66. The number of nitrogens with one attached hydrogen (secondary N) is 1. The molecule has 0 bridgehead atoms. The van der Waals surface area contributed by atoms with Crippen LogP contribution in [0.3, 0.4) is 0 Å². The second-order valence-corrected chi connectivity index (χ2v) is 9.74. The zero-order valence-corrected chi connectivity index (χ0v) is 19.9. The molecule has 7 nitrogen and oxygen atoms in total. The zero-order chi connectivity index (χ0) is 22.5. The third kappa shape index (κ3) is 5.17. The SMILES string of the molecule is CCn1c(SCC(=O)NC2CCCCC2)nnc1C1CCCN1C(=O)c1ccc(C)cc1. The Morgan fingerprint density at radius 2 is 1.81 bits per heavy atom. The Labute approximate surface area is 194 Å². The highest BCUT2D eigenvalue weighted by Gasteiger charge is 2.34. The monoisotopic (exact) mass is 455 g/mol. The van der Waals surface area contributed by atoms with E-state index < -0.39 is 0 Å². The Kier molecular flexibility index (Phi) is 7.50. The quantitative estimate of drug-likeness (QED) is 0.635. The number of benzene rings is 1. The van der Waals surface area contributed by atoms with Crippen molar-refractivity contribution in [1.82, 2.24) is 25.0 Å². The predicted octanol–water partition coefficient (Wildman–Crippen LogP) is 4.12. The number of aryl methyl sites for hydroxylation is 1. The van der Waals surface area contributed by atoms with Crippen molar-refractivity contribution in [1.29, 1.82) is 0 Å². The van der Waals surface area contributed by atoms with Crippen LogP contribution in [0.1, 0.15) is 79.7 Å². The first-order valence-corrected chi connectivity index (χ1v) is 12.8. The molecule has 1 unspecified atom stereocenters. The molecule has 8 heteroatoms. The average molecular weight is 456 g/mol. The lowest BCUT2D eigenvalue weighted by molar-refractivity contribution is -0.119. The van der Waals surface area contributed by atoms with Gasteiger partial charge in [-0.1, -0.05) is 48.7 Å². The van der Waals surface area contributed by atoms with Crippen LogP contribution in [0.2, 0.25) is 0 Å². The number of nitrogens with zero attached hydrogens (tertiary/aromatic N) is 4. The van der Waals surface area contributed by atoms with Gasteiger partial charge in [0.1, 0.15) is 0 Å². The fourth-order valence-electron chi connectivity index (χ4n) is 4.74. The van der Waals surface area contributed by atoms with Crippen molar-refractivity contribution < 1.29 is 9.59 Å². The lowest BCUT2D eigenvalue weighted by Crippen LogP contribution is -2.37. The van der Waals surface area contributed by atoms with E-state index in [2.05, 4.69) is 27.0 Å². The number of hydrogen-bond acceptors (Lipinski definition) is 5. The number of aromatic nitrogens is 3. The fourth-order valence-corrected chi connectivity index (χ4v) is 5.56. The van der Waals surface area contributed by atoms with Crippen molar-refractivity contribution in [2.24, 2.45) is 0 Å². The van der Waals surface area contributed by atoms with Crippen LogP contribution in [0.25, 0.3) is 0 Å². The lowest BCUT2D eigenvalue weighted by atomic mass is 9.95. The van der Waals surface area contributed by atoms with E-state index in [9.17, 15) is 9.59 Å². The van der Waals surface area contributed by atoms with E-state index >= 15 is 0 Å². The van der Waals surface area contributed by atoms with Crippen LogP contribution in [0.4, 0.5) is 0 Å².